The Morgan fingerprint density at radius 3 is 2.73 bits per heavy atom. The summed E-state index contributed by atoms with van der Waals surface area (Å²) in [6, 6.07) is 10.4. The molecule has 2 fully saturated rings. The first-order valence-corrected chi connectivity index (χ1v) is 5.69. The van der Waals surface area contributed by atoms with Crippen molar-refractivity contribution in [1.29, 1.82) is 0 Å². The zero-order valence-electron chi connectivity index (χ0n) is 8.86. The lowest BCUT2D eigenvalue weighted by Crippen LogP contribution is -2.06. The zero-order valence-corrected chi connectivity index (χ0v) is 8.86. The molecule has 1 heterocycles. The molecule has 0 radical (unpaired) electrons. The van der Waals surface area contributed by atoms with E-state index in [1.54, 1.807) is 0 Å². The minimum absolute atomic E-state index is 0.138. The predicted molar refractivity (Wildman–Crippen MR) is 60.5 cm³/mol. The molecule has 2 aliphatic rings. The monoisotopic (exact) mass is 200 g/mol. The van der Waals surface area contributed by atoms with Gasteiger partial charge in [-0.05, 0) is 35.8 Å². The lowest BCUT2D eigenvalue weighted by atomic mass is 9.99. The van der Waals surface area contributed by atoms with Crippen molar-refractivity contribution >= 4 is 0 Å². The molecule has 15 heavy (non-hydrogen) atoms. The maximum atomic E-state index is 5.96. The van der Waals surface area contributed by atoms with Gasteiger partial charge in [0.2, 0.25) is 0 Å². The molecule has 3 atom stereocenters. The molecular formula is C14H16O. The molecule has 78 valence electrons. The first-order chi connectivity index (χ1) is 7.34. The number of benzene rings is 1. The van der Waals surface area contributed by atoms with E-state index in [2.05, 4.69) is 30.8 Å². The quantitative estimate of drug-likeness (QED) is 0.632. The average molecular weight is 200 g/mol. The molecule has 1 heteroatoms. The molecular weight excluding hydrogens is 184 g/mol. The van der Waals surface area contributed by atoms with Crippen LogP contribution < -0.4 is 0 Å². The van der Waals surface area contributed by atoms with E-state index >= 15 is 0 Å². The number of fused-ring (bicyclic) bond motifs is 1. The summed E-state index contributed by atoms with van der Waals surface area (Å²) >= 11 is 0. The topological polar surface area (TPSA) is 9.23 Å². The van der Waals surface area contributed by atoms with E-state index in [4.69, 9.17) is 4.74 Å². The maximum absolute atomic E-state index is 5.96. The SMILES string of the molecule is C=C1C[C@H]2C[C@H]2CO[C@@H]1c1ccccc1. The first-order valence-electron chi connectivity index (χ1n) is 5.69. The minimum Gasteiger partial charge on any atom is -0.369 e. The van der Waals surface area contributed by atoms with Crippen molar-refractivity contribution in [3.63, 3.8) is 0 Å². The summed E-state index contributed by atoms with van der Waals surface area (Å²) in [5, 5.41) is 0. The lowest BCUT2D eigenvalue weighted by Gasteiger charge is -2.18. The van der Waals surface area contributed by atoms with E-state index in [1.165, 1.54) is 17.6 Å². The second-order valence-electron chi connectivity index (χ2n) is 4.74. The minimum atomic E-state index is 0.138. The lowest BCUT2D eigenvalue weighted by molar-refractivity contribution is 0.0741. The Morgan fingerprint density at radius 2 is 1.93 bits per heavy atom. The second kappa shape index (κ2) is 3.49. The van der Waals surface area contributed by atoms with E-state index in [0.29, 0.717) is 0 Å². The Labute approximate surface area is 90.8 Å². The van der Waals surface area contributed by atoms with Crippen LogP contribution in [0.5, 0.6) is 0 Å². The molecule has 1 aromatic carbocycles. The van der Waals surface area contributed by atoms with Gasteiger partial charge in [0.15, 0.2) is 0 Å². The van der Waals surface area contributed by atoms with Crippen LogP contribution in [0.25, 0.3) is 0 Å². The summed E-state index contributed by atoms with van der Waals surface area (Å²) in [4.78, 5) is 0. The van der Waals surface area contributed by atoms with Crippen LogP contribution in [-0.2, 0) is 4.74 Å². The molecule has 1 aromatic rings. The van der Waals surface area contributed by atoms with Gasteiger partial charge in [0.05, 0.1) is 6.61 Å². The molecule has 1 aliphatic heterocycles. The molecule has 1 aliphatic carbocycles. The third-order valence-corrected chi connectivity index (χ3v) is 3.54. The maximum Gasteiger partial charge on any atom is 0.103 e. The Bertz CT molecular complexity index is 368. The molecule has 0 N–H and O–H groups in total. The average Bonchev–Trinajstić information content (AvgIpc) is 2.98. The van der Waals surface area contributed by atoms with E-state index in [0.717, 1.165) is 24.9 Å². The van der Waals surface area contributed by atoms with Crippen LogP contribution in [-0.4, -0.2) is 6.61 Å². The molecule has 0 aromatic heterocycles. The van der Waals surface area contributed by atoms with E-state index in [1.807, 2.05) is 6.07 Å². The number of rotatable bonds is 1. The van der Waals surface area contributed by atoms with E-state index < -0.39 is 0 Å². The van der Waals surface area contributed by atoms with Gasteiger partial charge in [-0.3, -0.25) is 0 Å². The van der Waals surface area contributed by atoms with Crippen molar-refractivity contribution in [1.82, 2.24) is 0 Å². The second-order valence-corrected chi connectivity index (χ2v) is 4.74. The van der Waals surface area contributed by atoms with Crippen molar-refractivity contribution in [2.24, 2.45) is 11.8 Å². The molecule has 0 bridgehead atoms. The Hall–Kier alpha value is -1.08. The first kappa shape index (κ1) is 9.17. The normalized spacial score (nSPS) is 34.4. The fourth-order valence-electron chi connectivity index (χ4n) is 2.51. The van der Waals surface area contributed by atoms with Crippen molar-refractivity contribution in [3.8, 4) is 0 Å². The smallest absolute Gasteiger partial charge is 0.103 e. The van der Waals surface area contributed by atoms with Crippen LogP contribution in [0.4, 0.5) is 0 Å². The summed E-state index contributed by atoms with van der Waals surface area (Å²) in [6.07, 6.45) is 2.64. The number of hydrogen-bond acceptors (Lipinski definition) is 1. The van der Waals surface area contributed by atoms with Gasteiger partial charge in [0.1, 0.15) is 6.10 Å². The summed E-state index contributed by atoms with van der Waals surface area (Å²) in [7, 11) is 0. The molecule has 3 rings (SSSR count). The summed E-state index contributed by atoms with van der Waals surface area (Å²) in [5.74, 6) is 1.68. The van der Waals surface area contributed by atoms with Crippen LogP contribution in [0.1, 0.15) is 24.5 Å². The largest absolute Gasteiger partial charge is 0.369 e. The molecule has 0 amide bonds. The van der Waals surface area contributed by atoms with E-state index in [9.17, 15) is 0 Å². The van der Waals surface area contributed by atoms with Gasteiger partial charge in [-0.25, -0.2) is 0 Å². The van der Waals surface area contributed by atoms with Crippen LogP contribution in [0.2, 0.25) is 0 Å². The fourth-order valence-corrected chi connectivity index (χ4v) is 2.51. The highest BCUT2D eigenvalue weighted by Gasteiger charge is 2.41. The van der Waals surface area contributed by atoms with Gasteiger partial charge in [0, 0.05) is 0 Å². The highest BCUT2D eigenvalue weighted by atomic mass is 16.5. The molecule has 0 spiro atoms. The van der Waals surface area contributed by atoms with Crippen LogP contribution in [0.3, 0.4) is 0 Å². The van der Waals surface area contributed by atoms with Crippen molar-refractivity contribution in [2.45, 2.75) is 18.9 Å². The Morgan fingerprint density at radius 1 is 1.13 bits per heavy atom. The Kier molecular flexibility index (Phi) is 2.14. The van der Waals surface area contributed by atoms with Crippen LogP contribution in [0.15, 0.2) is 42.5 Å². The molecule has 1 saturated heterocycles. The van der Waals surface area contributed by atoms with E-state index in [-0.39, 0.29) is 6.10 Å². The summed E-state index contributed by atoms with van der Waals surface area (Å²) in [5.41, 5.74) is 2.51. The van der Waals surface area contributed by atoms with Gasteiger partial charge >= 0.3 is 0 Å². The molecule has 1 saturated carbocycles. The summed E-state index contributed by atoms with van der Waals surface area (Å²) in [6.45, 7) is 5.10. The highest BCUT2D eigenvalue weighted by molar-refractivity contribution is 5.26. The molecule has 0 unspecified atom stereocenters. The summed E-state index contributed by atoms with van der Waals surface area (Å²) < 4.78 is 5.96. The fraction of sp³-hybridized carbons (Fsp3) is 0.429. The predicted octanol–water partition coefficient (Wildman–Crippen LogP) is 3.34. The highest BCUT2D eigenvalue weighted by Crippen LogP contribution is 2.48. The third-order valence-electron chi connectivity index (χ3n) is 3.54. The van der Waals surface area contributed by atoms with Gasteiger partial charge in [0.25, 0.3) is 0 Å². The van der Waals surface area contributed by atoms with Crippen molar-refractivity contribution in [2.75, 3.05) is 6.61 Å². The van der Waals surface area contributed by atoms with Crippen molar-refractivity contribution in [3.05, 3.63) is 48.0 Å². The van der Waals surface area contributed by atoms with Gasteiger partial charge in [-0.1, -0.05) is 36.9 Å². The van der Waals surface area contributed by atoms with Crippen LogP contribution >= 0.6 is 0 Å². The van der Waals surface area contributed by atoms with Gasteiger partial charge in [-0.15, -0.1) is 0 Å². The third kappa shape index (κ3) is 1.72. The van der Waals surface area contributed by atoms with Gasteiger partial charge < -0.3 is 4.74 Å². The standard InChI is InChI=1S/C14H16O/c1-10-7-12-8-13(12)9-15-14(10)11-5-3-2-4-6-11/h2-6,12-14H,1,7-9H2/t12-,13-,14-/m0/s1. The van der Waals surface area contributed by atoms with Gasteiger partial charge in [-0.2, -0.15) is 0 Å². The Balaban J connectivity index is 1.83. The van der Waals surface area contributed by atoms with Crippen molar-refractivity contribution < 1.29 is 4.74 Å². The van der Waals surface area contributed by atoms with Crippen LogP contribution in [0, 0.1) is 11.8 Å². The zero-order chi connectivity index (χ0) is 10.3. The number of hydrogen-bond donors (Lipinski definition) is 0. The number of ether oxygens (including phenoxy) is 1. The molecule has 1 nitrogen and oxygen atoms in total.